The molecule has 3 N–H and O–H groups in total. The number of benzene rings is 1. The van der Waals surface area contributed by atoms with Gasteiger partial charge >= 0.3 is 0 Å². The average molecular weight is 249 g/mol. The van der Waals surface area contributed by atoms with Crippen LogP contribution < -0.4 is 10.5 Å². The Hall–Kier alpha value is -1.06. The highest BCUT2D eigenvalue weighted by molar-refractivity contribution is 5.43. The summed E-state index contributed by atoms with van der Waals surface area (Å²) in [6.07, 6.45) is 0.277. The Labute approximate surface area is 109 Å². The molecule has 2 atom stereocenters. The molecule has 18 heavy (non-hydrogen) atoms. The van der Waals surface area contributed by atoms with Gasteiger partial charge in [0.2, 0.25) is 0 Å². The Morgan fingerprint density at radius 2 is 2.06 bits per heavy atom. The van der Waals surface area contributed by atoms with Crippen LogP contribution in [0.5, 0.6) is 5.75 Å². The molecule has 1 aromatic carbocycles. The smallest absolute Gasteiger partial charge is 0.123 e. The lowest BCUT2D eigenvalue weighted by molar-refractivity contribution is -0.0216. The van der Waals surface area contributed by atoms with Crippen molar-refractivity contribution in [2.45, 2.75) is 38.7 Å². The largest absolute Gasteiger partial charge is 0.493 e. The number of hydrogen-bond donors (Lipinski definition) is 2. The van der Waals surface area contributed by atoms with Crippen molar-refractivity contribution in [2.75, 3.05) is 13.2 Å². The molecule has 1 heterocycles. The summed E-state index contributed by atoms with van der Waals surface area (Å²) in [4.78, 5) is 0. The van der Waals surface area contributed by atoms with Crippen LogP contribution >= 0.6 is 0 Å². The molecule has 0 aliphatic carbocycles. The topological polar surface area (TPSA) is 55.5 Å². The summed E-state index contributed by atoms with van der Waals surface area (Å²) in [5.41, 5.74) is 6.48. The monoisotopic (exact) mass is 249 g/mol. The van der Waals surface area contributed by atoms with E-state index in [9.17, 15) is 5.11 Å². The lowest BCUT2D eigenvalue weighted by atomic mass is 9.64. The van der Waals surface area contributed by atoms with Crippen molar-refractivity contribution in [3.63, 3.8) is 0 Å². The van der Waals surface area contributed by atoms with Gasteiger partial charge < -0.3 is 15.6 Å². The predicted molar refractivity (Wildman–Crippen MR) is 72.7 cm³/mol. The molecule has 2 rings (SSSR count). The summed E-state index contributed by atoms with van der Waals surface area (Å²) >= 11 is 0. The zero-order valence-corrected chi connectivity index (χ0v) is 11.4. The van der Waals surface area contributed by atoms with Gasteiger partial charge in [0.05, 0.1) is 12.7 Å². The summed E-state index contributed by atoms with van der Waals surface area (Å²) in [6.45, 7) is 7.20. The van der Waals surface area contributed by atoms with Crippen molar-refractivity contribution in [3.8, 4) is 5.75 Å². The summed E-state index contributed by atoms with van der Waals surface area (Å²) in [7, 11) is 0. The van der Waals surface area contributed by atoms with E-state index in [4.69, 9.17) is 10.5 Å². The second-order valence-corrected chi connectivity index (χ2v) is 6.22. The highest BCUT2D eigenvalue weighted by Crippen LogP contribution is 2.45. The van der Waals surface area contributed by atoms with Crippen molar-refractivity contribution in [2.24, 2.45) is 11.1 Å². The molecule has 0 spiro atoms. The molecule has 0 amide bonds. The van der Waals surface area contributed by atoms with Crippen LogP contribution in [0.3, 0.4) is 0 Å². The van der Waals surface area contributed by atoms with Crippen LogP contribution in [0.4, 0.5) is 0 Å². The summed E-state index contributed by atoms with van der Waals surface area (Å²) < 4.78 is 5.68. The van der Waals surface area contributed by atoms with Crippen molar-refractivity contribution >= 4 is 0 Å². The highest BCUT2D eigenvalue weighted by Gasteiger charge is 2.47. The van der Waals surface area contributed by atoms with Crippen molar-refractivity contribution in [1.29, 1.82) is 0 Å². The number of hydrogen-bond acceptors (Lipinski definition) is 3. The van der Waals surface area contributed by atoms with Gasteiger partial charge in [-0.25, -0.2) is 0 Å². The number of aliphatic hydroxyl groups excluding tert-OH is 1. The van der Waals surface area contributed by atoms with Gasteiger partial charge in [-0.1, -0.05) is 39.0 Å². The molecular weight excluding hydrogens is 226 g/mol. The fourth-order valence-electron chi connectivity index (χ4n) is 2.92. The minimum absolute atomic E-state index is 0.205. The second kappa shape index (κ2) is 4.56. The molecule has 1 aromatic rings. The van der Waals surface area contributed by atoms with Gasteiger partial charge in [-0.2, -0.15) is 0 Å². The number of ether oxygens (including phenoxy) is 1. The Bertz CT molecular complexity index is 425. The molecule has 100 valence electrons. The molecule has 0 saturated carbocycles. The zero-order valence-electron chi connectivity index (χ0n) is 11.4. The molecule has 2 unspecified atom stereocenters. The molecule has 0 bridgehead atoms. The fraction of sp³-hybridized carbons (Fsp3) is 0.600. The van der Waals surface area contributed by atoms with Crippen molar-refractivity contribution in [3.05, 3.63) is 29.8 Å². The molecule has 1 aliphatic heterocycles. The zero-order chi connectivity index (χ0) is 13.4. The Balaban J connectivity index is 2.52. The third-order valence-electron chi connectivity index (χ3n) is 3.94. The lowest BCUT2D eigenvalue weighted by Crippen LogP contribution is -2.54. The van der Waals surface area contributed by atoms with E-state index >= 15 is 0 Å². The fourth-order valence-corrected chi connectivity index (χ4v) is 2.92. The first-order chi connectivity index (χ1) is 8.42. The maximum atomic E-state index is 10.8. The minimum Gasteiger partial charge on any atom is -0.493 e. The summed E-state index contributed by atoms with van der Waals surface area (Å²) in [5.74, 6) is 0.859. The molecule has 0 fully saturated rings. The third kappa shape index (κ3) is 2.02. The van der Waals surface area contributed by atoms with E-state index in [0.717, 1.165) is 17.7 Å². The van der Waals surface area contributed by atoms with Crippen LogP contribution in [0.25, 0.3) is 0 Å². The van der Waals surface area contributed by atoms with Crippen LogP contribution in [0, 0.1) is 5.41 Å². The first-order valence-corrected chi connectivity index (χ1v) is 6.52. The molecule has 3 heteroatoms. The van der Waals surface area contributed by atoms with E-state index in [1.807, 2.05) is 45.0 Å². The Kier molecular flexibility index (Phi) is 3.39. The number of rotatable bonds is 2. The highest BCUT2D eigenvalue weighted by atomic mass is 16.5. The van der Waals surface area contributed by atoms with E-state index < -0.39 is 11.5 Å². The molecule has 0 radical (unpaired) electrons. The molecule has 0 aromatic heterocycles. The first kappa shape index (κ1) is 13.4. The molecule has 0 saturated heterocycles. The maximum absolute atomic E-state index is 10.8. The van der Waals surface area contributed by atoms with Gasteiger partial charge in [-0.3, -0.25) is 0 Å². The second-order valence-electron chi connectivity index (χ2n) is 6.22. The SMILES string of the molecule is CC(C)(C)C(O)C1(CN)CCOc2ccccc21. The first-order valence-electron chi connectivity index (χ1n) is 6.52. The van der Waals surface area contributed by atoms with Crippen molar-refractivity contribution in [1.82, 2.24) is 0 Å². The van der Waals surface area contributed by atoms with Gasteiger partial charge in [-0.05, 0) is 17.9 Å². The standard InChI is InChI=1S/C15H23NO2/c1-14(2,3)13(17)15(10-16)8-9-18-12-7-5-4-6-11(12)15/h4-7,13,17H,8-10,16H2,1-3H3. The number of para-hydroxylation sites is 1. The van der Waals surface area contributed by atoms with E-state index in [1.54, 1.807) is 0 Å². The third-order valence-corrected chi connectivity index (χ3v) is 3.94. The van der Waals surface area contributed by atoms with E-state index in [1.165, 1.54) is 0 Å². The van der Waals surface area contributed by atoms with Crippen LogP contribution in [0.15, 0.2) is 24.3 Å². The van der Waals surface area contributed by atoms with Gasteiger partial charge in [0.25, 0.3) is 0 Å². The number of nitrogens with two attached hydrogens (primary N) is 1. The summed E-state index contributed by atoms with van der Waals surface area (Å²) in [6, 6.07) is 7.91. The number of fused-ring (bicyclic) bond motifs is 1. The van der Waals surface area contributed by atoms with Gasteiger partial charge in [0.15, 0.2) is 0 Å². The predicted octanol–water partition coefficient (Wildman–Crippen LogP) is 2.07. The lowest BCUT2D eigenvalue weighted by Gasteiger charge is -2.46. The Morgan fingerprint density at radius 3 is 2.67 bits per heavy atom. The van der Waals surface area contributed by atoms with Crippen molar-refractivity contribution < 1.29 is 9.84 Å². The van der Waals surface area contributed by atoms with Gasteiger partial charge in [-0.15, -0.1) is 0 Å². The van der Waals surface area contributed by atoms with Crippen LogP contribution in [-0.4, -0.2) is 24.4 Å². The molecular formula is C15H23NO2. The summed E-state index contributed by atoms with van der Waals surface area (Å²) in [5, 5.41) is 10.8. The van der Waals surface area contributed by atoms with Gasteiger partial charge in [0, 0.05) is 17.5 Å². The van der Waals surface area contributed by atoms with E-state index in [2.05, 4.69) is 0 Å². The van der Waals surface area contributed by atoms with Crippen LogP contribution in [0.2, 0.25) is 0 Å². The van der Waals surface area contributed by atoms with E-state index in [-0.39, 0.29) is 5.41 Å². The van der Waals surface area contributed by atoms with Crippen LogP contribution in [-0.2, 0) is 5.41 Å². The number of aliphatic hydroxyl groups is 1. The van der Waals surface area contributed by atoms with Crippen LogP contribution in [0.1, 0.15) is 32.8 Å². The van der Waals surface area contributed by atoms with E-state index in [0.29, 0.717) is 13.2 Å². The Morgan fingerprint density at radius 1 is 1.39 bits per heavy atom. The molecule has 1 aliphatic rings. The average Bonchev–Trinajstić information content (AvgIpc) is 2.36. The van der Waals surface area contributed by atoms with Gasteiger partial charge in [0.1, 0.15) is 5.75 Å². The molecule has 3 nitrogen and oxygen atoms in total. The quantitative estimate of drug-likeness (QED) is 0.843. The maximum Gasteiger partial charge on any atom is 0.123 e. The normalized spacial score (nSPS) is 25.2. The minimum atomic E-state index is -0.486.